The van der Waals surface area contributed by atoms with Crippen LogP contribution in [0.25, 0.3) is 0 Å². The van der Waals surface area contributed by atoms with Crippen LogP contribution in [0, 0.1) is 0 Å². The van der Waals surface area contributed by atoms with Gasteiger partial charge in [0.25, 0.3) is 0 Å². The van der Waals surface area contributed by atoms with Gasteiger partial charge in [0.1, 0.15) is 36.6 Å². The molecule has 264 valence electrons. The van der Waals surface area contributed by atoms with Gasteiger partial charge in [0.05, 0.1) is 31.3 Å². The molecule has 0 aromatic carbocycles. The highest BCUT2D eigenvalue weighted by Gasteiger charge is 2.49. The van der Waals surface area contributed by atoms with E-state index in [1.54, 1.807) is 0 Å². The quantitative estimate of drug-likeness (QED) is 0.0932. The Labute approximate surface area is 273 Å². The van der Waals surface area contributed by atoms with Crippen LogP contribution in [0.4, 0.5) is 0 Å². The average Bonchev–Trinajstić information content (AvgIpc) is 3.00. The molecule has 2 heterocycles. The molecule has 3 aliphatic rings. The number of hydrogen-bond donors (Lipinski definition) is 8. The van der Waals surface area contributed by atoms with Crippen molar-refractivity contribution < 1.29 is 39.4 Å². The first-order valence-electron chi connectivity index (χ1n) is 16.6. The molecule has 13 unspecified atom stereocenters. The Kier molecular flexibility index (Phi) is 15.9. The molecule has 3 fully saturated rings. The summed E-state index contributed by atoms with van der Waals surface area (Å²) in [7, 11) is 0. The highest BCUT2D eigenvalue weighted by atomic mass is 16.7. The molecular formula is C33H59N5O8. The zero-order valence-electron chi connectivity index (χ0n) is 27.9. The van der Waals surface area contributed by atoms with E-state index in [9.17, 15) is 20.4 Å². The third kappa shape index (κ3) is 11.2. The number of aliphatic hydroxyl groups excluding tert-OH is 4. The molecule has 0 amide bonds. The summed E-state index contributed by atoms with van der Waals surface area (Å²) in [6.45, 7) is 8.43. The monoisotopic (exact) mass is 653 g/mol. The number of rotatable bonds is 14. The molecule has 46 heavy (non-hydrogen) atoms. The summed E-state index contributed by atoms with van der Waals surface area (Å²) in [4.78, 5) is 4.55. The molecule has 0 bridgehead atoms. The molecule has 0 radical (unpaired) electrons. The summed E-state index contributed by atoms with van der Waals surface area (Å²) in [6.07, 6.45) is 4.64. The Morgan fingerprint density at radius 3 is 2.07 bits per heavy atom. The van der Waals surface area contributed by atoms with E-state index in [-0.39, 0.29) is 12.5 Å². The first kappa shape index (κ1) is 38.9. The standard InChI is InChI=1S/C33H59N5O8/c1-18(2)7-5-8-19(3)9-6-10-20(4)13-14-38-16-21-11-12-22(34)32(43-21)45-30-23(35)15-24(36)31(29(30)42)46-33-28(41)26(37)27(40)25(17-39)44-33/h7,9,13-14,21-33,39-42H,5-6,8,10-12,15-17,34-37H2,1-4H3/b19-9+,20-13+,38-14?. The van der Waals surface area contributed by atoms with E-state index in [4.69, 9.17) is 41.9 Å². The van der Waals surface area contributed by atoms with Crippen LogP contribution >= 0.6 is 0 Å². The Morgan fingerprint density at radius 2 is 1.41 bits per heavy atom. The minimum absolute atomic E-state index is 0.221. The predicted molar refractivity (Wildman–Crippen MR) is 177 cm³/mol. The highest BCUT2D eigenvalue weighted by Crippen LogP contribution is 2.31. The van der Waals surface area contributed by atoms with Gasteiger partial charge in [-0.25, -0.2) is 0 Å². The molecule has 13 atom stereocenters. The Balaban J connectivity index is 1.52. The average molecular weight is 654 g/mol. The largest absolute Gasteiger partial charge is 0.394 e. The van der Waals surface area contributed by atoms with E-state index in [0.717, 1.165) is 25.7 Å². The lowest BCUT2D eigenvalue weighted by Gasteiger charge is -2.47. The lowest BCUT2D eigenvalue weighted by atomic mass is 9.84. The zero-order valence-corrected chi connectivity index (χ0v) is 27.9. The maximum Gasteiger partial charge on any atom is 0.186 e. The van der Waals surface area contributed by atoms with Gasteiger partial charge in [0, 0.05) is 18.3 Å². The molecule has 1 saturated carbocycles. The molecule has 13 nitrogen and oxygen atoms in total. The van der Waals surface area contributed by atoms with Gasteiger partial charge in [-0.15, -0.1) is 0 Å². The highest BCUT2D eigenvalue weighted by molar-refractivity contribution is 5.72. The van der Waals surface area contributed by atoms with Gasteiger partial charge in [-0.2, -0.15) is 0 Å². The Hall–Kier alpha value is -1.59. The van der Waals surface area contributed by atoms with Crippen LogP contribution in [-0.2, 0) is 18.9 Å². The number of hydrogen-bond acceptors (Lipinski definition) is 13. The van der Waals surface area contributed by atoms with Gasteiger partial charge in [-0.1, -0.05) is 28.9 Å². The SMILES string of the molecule is CC(C)=CCC/C(C)=C/CC/C(C)=C/C=NCC1CCC(N)C(OC2C(N)CC(N)C(OC3OC(CO)C(O)C(N)C3O)C2O)O1. The van der Waals surface area contributed by atoms with Crippen molar-refractivity contribution in [3.05, 3.63) is 34.9 Å². The molecule has 13 heteroatoms. The second-order valence-corrected chi connectivity index (χ2v) is 13.3. The summed E-state index contributed by atoms with van der Waals surface area (Å²) < 4.78 is 23.8. The van der Waals surface area contributed by atoms with E-state index in [2.05, 4.69) is 44.8 Å². The van der Waals surface area contributed by atoms with Gasteiger partial charge in [0.2, 0.25) is 0 Å². The van der Waals surface area contributed by atoms with Crippen molar-refractivity contribution in [3.8, 4) is 0 Å². The number of ether oxygens (including phenoxy) is 4. The minimum atomic E-state index is -1.43. The number of aliphatic hydroxyl groups is 4. The molecule has 0 aromatic rings. The van der Waals surface area contributed by atoms with Gasteiger partial charge in [0.15, 0.2) is 12.6 Å². The normalized spacial score (nSPS) is 39.5. The third-order valence-electron chi connectivity index (χ3n) is 8.98. The molecule has 0 spiro atoms. The summed E-state index contributed by atoms with van der Waals surface area (Å²) in [6, 6.07) is -2.94. The first-order chi connectivity index (χ1) is 21.8. The van der Waals surface area contributed by atoms with Crippen molar-refractivity contribution >= 4 is 6.21 Å². The lowest BCUT2D eigenvalue weighted by Crippen LogP contribution is -2.68. The van der Waals surface area contributed by atoms with Gasteiger partial charge in [-0.3, -0.25) is 4.99 Å². The van der Waals surface area contributed by atoms with Crippen LogP contribution in [0.3, 0.4) is 0 Å². The second kappa shape index (κ2) is 18.8. The van der Waals surface area contributed by atoms with Crippen LogP contribution < -0.4 is 22.9 Å². The van der Waals surface area contributed by atoms with Crippen molar-refractivity contribution in [2.24, 2.45) is 27.9 Å². The van der Waals surface area contributed by atoms with Crippen LogP contribution in [0.15, 0.2) is 39.9 Å². The Bertz CT molecular complexity index is 1050. The zero-order chi connectivity index (χ0) is 34.0. The maximum atomic E-state index is 11.3. The number of aliphatic imine (C=N–C) groups is 1. The van der Waals surface area contributed by atoms with Crippen molar-refractivity contribution in [3.63, 3.8) is 0 Å². The minimum Gasteiger partial charge on any atom is -0.394 e. The van der Waals surface area contributed by atoms with E-state index >= 15 is 0 Å². The molecule has 3 rings (SSSR count). The van der Waals surface area contributed by atoms with Crippen molar-refractivity contribution in [1.82, 2.24) is 0 Å². The van der Waals surface area contributed by atoms with E-state index in [1.165, 1.54) is 16.7 Å². The maximum absolute atomic E-state index is 11.3. The summed E-state index contributed by atoms with van der Waals surface area (Å²) >= 11 is 0. The van der Waals surface area contributed by atoms with E-state index in [0.29, 0.717) is 19.4 Å². The second-order valence-electron chi connectivity index (χ2n) is 13.3. The van der Waals surface area contributed by atoms with Crippen molar-refractivity contribution in [1.29, 1.82) is 0 Å². The fourth-order valence-corrected chi connectivity index (χ4v) is 6.00. The summed E-state index contributed by atoms with van der Waals surface area (Å²) in [5.74, 6) is 0. The van der Waals surface area contributed by atoms with Crippen LogP contribution in [0.2, 0.25) is 0 Å². The number of nitrogens with zero attached hydrogens (tertiary/aromatic N) is 1. The molecule has 0 aromatic heterocycles. The number of nitrogens with two attached hydrogens (primary N) is 4. The predicted octanol–water partition coefficient (Wildman–Crippen LogP) is 0.265. The van der Waals surface area contributed by atoms with Crippen LogP contribution in [0.1, 0.15) is 72.6 Å². The summed E-state index contributed by atoms with van der Waals surface area (Å²) in [5, 5.41) is 41.5. The van der Waals surface area contributed by atoms with Crippen LogP contribution in [-0.4, -0.2) is 119 Å². The topological polar surface area (TPSA) is 234 Å². The molecular weight excluding hydrogens is 594 g/mol. The smallest absolute Gasteiger partial charge is 0.186 e. The summed E-state index contributed by atoms with van der Waals surface area (Å²) in [5.41, 5.74) is 28.9. The van der Waals surface area contributed by atoms with E-state index in [1.807, 2.05) is 12.3 Å². The van der Waals surface area contributed by atoms with Gasteiger partial charge < -0.3 is 62.3 Å². The van der Waals surface area contributed by atoms with E-state index < -0.39 is 80.0 Å². The van der Waals surface area contributed by atoms with Crippen molar-refractivity contribution in [2.75, 3.05) is 13.2 Å². The Morgan fingerprint density at radius 1 is 0.783 bits per heavy atom. The third-order valence-corrected chi connectivity index (χ3v) is 8.98. The lowest BCUT2D eigenvalue weighted by molar-refractivity contribution is -0.313. The van der Waals surface area contributed by atoms with Gasteiger partial charge in [-0.05, 0) is 78.7 Å². The molecule has 1 aliphatic carbocycles. The molecule has 12 N–H and O–H groups in total. The number of allylic oxidation sites excluding steroid dienone is 6. The fraction of sp³-hybridized carbons (Fsp3) is 0.788. The first-order valence-corrected chi connectivity index (χ1v) is 16.6. The van der Waals surface area contributed by atoms with Crippen molar-refractivity contribution in [2.45, 2.75) is 152 Å². The molecule has 2 aliphatic heterocycles. The molecule has 2 saturated heterocycles. The van der Waals surface area contributed by atoms with Gasteiger partial charge >= 0.3 is 0 Å². The fourth-order valence-electron chi connectivity index (χ4n) is 6.00. The van der Waals surface area contributed by atoms with Crippen LogP contribution in [0.5, 0.6) is 0 Å².